The highest BCUT2D eigenvalue weighted by molar-refractivity contribution is 6.74. The van der Waals surface area contributed by atoms with Gasteiger partial charge in [-0.3, -0.25) is 23.5 Å². The van der Waals surface area contributed by atoms with Crippen LogP contribution in [-0.4, -0.2) is 128 Å². The molecule has 0 aromatic carbocycles. The van der Waals surface area contributed by atoms with Crippen molar-refractivity contribution in [2.75, 3.05) is 38.1 Å². The Hall–Kier alpha value is -4.06. The number of aromatic amines is 1. The van der Waals surface area contributed by atoms with Gasteiger partial charge in [-0.15, -0.1) is 0 Å². The zero-order valence-electron chi connectivity index (χ0n) is 43.4. The van der Waals surface area contributed by atoms with E-state index in [0.717, 1.165) is 4.57 Å². The highest BCUT2D eigenvalue weighted by atomic mass is 28.4. The average Bonchev–Trinajstić information content (AvgIpc) is 3.82. The molecule has 6 rings (SSSR count). The number of aromatic nitrogens is 6. The molecule has 2 unspecified atom stereocenters. The molecule has 0 aliphatic carbocycles. The number of hydrogen-bond acceptors (Lipinski definition) is 16. The molecule has 6 heterocycles. The lowest BCUT2D eigenvalue weighted by molar-refractivity contribution is -0.138. The van der Waals surface area contributed by atoms with Gasteiger partial charge in [0.2, 0.25) is 0 Å². The maximum atomic E-state index is 14.0. The second-order valence-corrected chi connectivity index (χ2v) is 31.3. The lowest BCUT2D eigenvalue weighted by Crippen LogP contribution is -2.48. The summed E-state index contributed by atoms with van der Waals surface area (Å²) in [6.45, 7) is 25.6. The van der Waals surface area contributed by atoms with E-state index in [-0.39, 0.29) is 33.5 Å². The Labute approximate surface area is 414 Å². The molecule has 0 bridgehead atoms. The number of nitrogens with two attached hydrogens (primary N) is 2. The van der Waals surface area contributed by atoms with E-state index in [1.807, 2.05) is 27.7 Å². The molecule has 0 spiro atoms. The van der Waals surface area contributed by atoms with Gasteiger partial charge in [-0.05, 0) is 61.2 Å². The van der Waals surface area contributed by atoms with Crippen molar-refractivity contribution in [2.24, 2.45) is 11.8 Å². The van der Waals surface area contributed by atoms with E-state index in [2.05, 4.69) is 82.7 Å². The lowest BCUT2D eigenvalue weighted by atomic mass is 9.86. The molecule has 3 fully saturated rings. The van der Waals surface area contributed by atoms with Crippen molar-refractivity contribution in [1.29, 1.82) is 0 Å². The van der Waals surface area contributed by atoms with Crippen LogP contribution in [0.5, 0.6) is 0 Å². The van der Waals surface area contributed by atoms with Crippen molar-refractivity contribution in [3.8, 4) is 0 Å². The van der Waals surface area contributed by atoms with E-state index in [0.29, 0.717) is 12.8 Å². The van der Waals surface area contributed by atoms with Gasteiger partial charge in [0.25, 0.3) is 5.56 Å². The summed E-state index contributed by atoms with van der Waals surface area (Å²) in [6.07, 6.45) is -1.90. The molecule has 3 aromatic heterocycles. The van der Waals surface area contributed by atoms with Crippen LogP contribution in [-0.2, 0) is 23.1 Å². The molecule has 0 radical (unpaired) electrons. The summed E-state index contributed by atoms with van der Waals surface area (Å²) in [5, 5.41) is 28.6. The highest BCUT2D eigenvalue weighted by Gasteiger charge is 2.58. The van der Waals surface area contributed by atoms with E-state index in [4.69, 9.17) is 39.6 Å². The van der Waals surface area contributed by atoms with Crippen LogP contribution >= 0.6 is 0 Å². The lowest BCUT2D eigenvalue weighted by Gasteiger charge is -2.40. The Morgan fingerprint density at radius 2 is 1.04 bits per heavy atom. The standard InChI is InChI=1S/C18H32FN3O3Si.C18H31FN2O4Si.C10H14FN3O5/c1-8-18(11-19)12(2)14(25-26(6,7)17(3,4)5)15(24-18)22-10-9-13(20)21-16(22)23;1-8-18(11-19)12(2)14(25-26(6,7)17(3,4)5)15(24-18)21-10-9-13(22)20-16(21)23;11-3-10(4-15)7(17)6(16)8(19-10)14-2-1-5(12)13-9(14)18/h9-10,12,14-15H,8,11H2,1-7H3,(H2,20,21,23);9-10,12,14-15H,8,11H2,1-7H3,(H,20,22,23);1-2,6-8,15-17H,3-4H2,(H2,12,13,18)/t2*12-,14?,15+,18-;6-,7-,8+,10+/m000/s1. The third-order valence-corrected chi connectivity index (χ3v) is 24.4. The first-order valence-electron chi connectivity index (χ1n) is 23.8. The second kappa shape index (κ2) is 22.2. The number of alkyl halides is 3. The molecule has 0 saturated carbocycles. The number of nitrogens with zero attached hydrogens (tertiary/aromatic N) is 5. The summed E-state index contributed by atoms with van der Waals surface area (Å²) in [6, 6.07) is 4.10. The number of rotatable bonds is 13. The van der Waals surface area contributed by atoms with Crippen molar-refractivity contribution in [3.63, 3.8) is 0 Å². The summed E-state index contributed by atoms with van der Waals surface area (Å²) >= 11 is 0. The molecule has 3 saturated heterocycles. The van der Waals surface area contributed by atoms with Crippen LogP contribution in [0.4, 0.5) is 24.8 Å². The Bertz CT molecular complexity index is 2500. The highest BCUT2D eigenvalue weighted by Crippen LogP contribution is 2.50. The average molecular weight is 1050 g/mol. The van der Waals surface area contributed by atoms with Gasteiger partial charge in [-0.1, -0.05) is 69.2 Å². The van der Waals surface area contributed by atoms with Crippen LogP contribution in [0, 0.1) is 11.8 Å². The predicted molar refractivity (Wildman–Crippen MR) is 266 cm³/mol. The van der Waals surface area contributed by atoms with E-state index < -0.39 is 126 Å². The first-order valence-corrected chi connectivity index (χ1v) is 29.6. The quantitative estimate of drug-likeness (QED) is 0.129. The number of nitrogens with one attached hydrogen (secondary N) is 1. The predicted octanol–water partition coefficient (Wildman–Crippen LogP) is 4.49. The minimum atomic E-state index is -2.19. The monoisotopic (exact) mass is 1050 g/mol. The number of hydrogen-bond donors (Lipinski definition) is 6. The number of nitrogen functional groups attached to an aromatic ring is 2. The Balaban J connectivity index is 0.000000235. The van der Waals surface area contributed by atoms with Gasteiger partial charge < -0.3 is 49.8 Å². The Morgan fingerprint density at radius 3 is 1.37 bits per heavy atom. The zero-order chi connectivity index (χ0) is 54.0. The van der Waals surface area contributed by atoms with Crippen molar-refractivity contribution in [2.45, 2.75) is 178 Å². The maximum Gasteiger partial charge on any atom is 0.351 e. The first kappa shape index (κ1) is 59.5. The molecule has 0 amide bonds. The Morgan fingerprint density at radius 1 is 0.676 bits per heavy atom. The number of aliphatic hydroxyl groups is 3. The molecule has 71 heavy (non-hydrogen) atoms. The van der Waals surface area contributed by atoms with Crippen LogP contribution in [0.3, 0.4) is 0 Å². The van der Waals surface area contributed by atoms with Gasteiger partial charge in [0.15, 0.2) is 40.9 Å². The van der Waals surface area contributed by atoms with Gasteiger partial charge in [-0.25, -0.2) is 27.6 Å². The zero-order valence-corrected chi connectivity index (χ0v) is 45.4. The number of ether oxygens (including phenoxy) is 3. The summed E-state index contributed by atoms with van der Waals surface area (Å²) < 4.78 is 75.1. The fourth-order valence-corrected chi connectivity index (χ4v) is 10.9. The summed E-state index contributed by atoms with van der Waals surface area (Å²) in [5.74, 6) is -0.323. The molecule has 12 atom stereocenters. The van der Waals surface area contributed by atoms with Gasteiger partial charge in [0.05, 0.1) is 18.8 Å². The summed E-state index contributed by atoms with van der Waals surface area (Å²) in [7, 11) is -4.36. The maximum absolute atomic E-state index is 14.0. The third-order valence-electron chi connectivity index (χ3n) is 15.4. The molecule has 20 nitrogen and oxygen atoms in total. The van der Waals surface area contributed by atoms with Crippen LogP contribution < -0.4 is 34.1 Å². The number of anilines is 2. The van der Waals surface area contributed by atoms with Gasteiger partial charge >= 0.3 is 17.1 Å². The van der Waals surface area contributed by atoms with E-state index >= 15 is 0 Å². The van der Waals surface area contributed by atoms with Crippen molar-refractivity contribution in [1.82, 2.24) is 28.7 Å². The normalized spacial score (nSPS) is 31.2. The van der Waals surface area contributed by atoms with Gasteiger partial charge in [0, 0.05) is 36.5 Å². The first-order chi connectivity index (χ1) is 32.7. The SMILES string of the molecule is CC[C@@]1(CF)O[C@@H](n2ccc(=O)[nH]c2=O)C(O[Si](C)(C)C(C)(C)C)[C@@H]1C.CC[C@@]1(CF)O[C@@H](n2ccc(N)nc2=O)C(O[Si](C)(C)C(C)(C)C)[C@@H]1C.Nc1ccn([C@@H]2O[C@@](CO)(CF)[C@@H](O)[C@@H]2O)c(=O)n1. The van der Waals surface area contributed by atoms with Gasteiger partial charge in [-0.2, -0.15) is 9.97 Å². The largest absolute Gasteiger partial charge is 0.409 e. The minimum Gasteiger partial charge on any atom is -0.409 e. The minimum absolute atomic E-state index is 0.0191. The fourth-order valence-electron chi connectivity index (χ4n) is 8.23. The molecule has 25 heteroatoms. The van der Waals surface area contributed by atoms with Crippen LogP contribution in [0.25, 0.3) is 0 Å². The van der Waals surface area contributed by atoms with E-state index in [1.165, 1.54) is 33.7 Å². The Kier molecular flexibility index (Phi) is 18.6. The molecular weight excluding hydrogens is 970 g/mol. The van der Waals surface area contributed by atoms with Crippen LogP contribution in [0.2, 0.25) is 36.3 Å². The van der Waals surface area contributed by atoms with Crippen molar-refractivity contribution in [3.05, 3.63) is 78.6 Å². The molecule has 402 valence electrons. The van der Waals surface area contributed by atoms with Crippen LogP contribution in [0.1, 0.15) is 101 Å². The molecule has 8 N–H and O–H groups in total. The molecule has 3 aliphatic heterocycles. The second-order valence-electron chi connectivity index (χ2n) is 21.8. The van der Waals surface area contributed by atoms with E-state index in [9.17, 15) is 42.6 Å². The third kappa shape index (κ3) is 12.0. The number of aliphatic hydroxyl groups excluding tert-OH is 3. The topological polar surface area (TPSA) is 284 Å². The van der Waals surface area contributed by atoms with Crippen molar-refractivity contribution < 1.29 is 51.6 Å². The number of H-pyrrole nitrogens is 1. The smallest absolute Gasteiger partial charge is 0.351 e. The van der Waals surface area contributed by atoms with Crippen LogP contribution in [0.15, 0.2) is 56.0 Å². The molecule has 3 aliphatic rings. The summed E-state index contributed by atoms with van der Waals surface area (Å²) in [5.41, 5.74) is 4.59. The molecular formula is C46H77F3N8O12Si2. The van der Waals surface area contributed by atoms with E-state index in [1.54, 1.807) is 12.3 Å². The number of halogens is 3. The fraction of sp³-hybridized carbons (Fsp3) is 0.739. The van der Waals surface area contributed by atoms with Crippen molar-refractivity contribution >= 4 is 28.3 Å². The van der Waals surface area contributed by atoms with Gasteiger partial charge in [0.1, 0.15) is 55.1 Å². The molecule has 3 aromatic rings. The summed E-state index contributed by atoms with van der Waals surface area (Å²) in [4.78, 5) is 57.2.